The lowest BCUT2D eigenvalue weighted by molar-refractivity contribution is 0.0694. The molecule has 106 valence electrons. The maximum atomic E-state index is 12.0. The number of benzene rings is 1. The molecule has 0 bridgehead atoms. The molecular weight excluding hydrogens is 262 g/mol. The van der Waals surface area contributed by atoms with Gasteiger partial charge in [0.15, 0.2) is 0 Å². The molecule has 6 heteroatoms. The molecule has 0 unspecified atom stereocenters. The van der Waals surface area contributed by atoms with Gasteiger partial charge in [-0.15, -0.1) is 0 Å². The lowest BCUT2D eigenvalue weighted by Crippen LogP contribution is -2.21. The van der Waals surface area contributed by atoms with Crippen molar-refractivity contribution in [3.63, 3.8) is 0 Å². The summed E-state index contributed by atoms with van der Waals surface area (Å²) in [7, 11) is 2.99. The van der Waals surface area contributed by atoms with Gasteiger partial charge in [0.1, 0.15) is 17.1 Å². The van der Waals surface area contributed by atoms with Crippen molar-refractivity contribution < 1.29 is 19.4 Å². The fourth-order valence-electron chi connectivity index (χ4n) is 2.28. The molecule has 1 aromatic heterocycles. The van der Waals surface area contributed by atoms with E-state index in [9.17, 15) is 14.7 Å². The van der Waals surface area contributed by atoms with Gasteiger partial charge in [0.2, 0.25) is 0 Å². The minimum absolute atomic E-state index is 0.240. The Balaban J connectivity index is 2.99. The van der Waals surface area contributed by atoms with Crippen LogP contribution in [0.3, 0.4) is 0 Å². The fraction of sp³-hybridized carbons (Fsp3) is 0.286. The normalized spacial score (nSPS) is 10.6. The molecule has 0 atom stereocenters. The molecule has 0 spiro atoms. The van der Waals surface area contributed by atoms with Crippen molar-refractivity contribution in [2.24, 2.45) is 0 Å². The van der Waals surface area contributed by atoms with Crippen LogP contribution in [0.4, 0.5) is 0 Å². The summed E-state index contributed by atoms with van der Waals surface area (Å²) in [6.07, 6.45) is 0.415. The Bertz CT molecular complexity index is 732. The number of nitrogens with one attached hydrogen (secondary N) is 1. The van der Waals surface area contributed by atoms with E-state index in [1.54, 1.807) is 19.1 Å². The minimum Gasteiger partial charge on any atom is -0.497 e. The SMILES string of the molecule is CCc1c(C(=O)O)c(=O)[nH]c2c(OC)cc(OC)cc12. The number of fused-ring (bicyclic) bond motifs is 1. The van der Waals surface area contributed by atoms with Crippen molar-refractivity contribution in [1.82, 2.24) is 4.98 Å². The molecule has 2 rings (SSSR count). The second-order valence-electron chi connectivity index (χ2n) is 4.22. The zero-order chi connectivity index (χ0) is 14.9. The first kappa shape index (κ1) is 13.9. The number of aryl methyl sites for hydroxylation is 1. The third-order valence-corrected chi connectivity index (χ3v) is 3.19. The van der Waals surface area contributed by atoms with Crippen molar-refractivity contribution in [2.45, 2.75) is 13.3 Å². The van der Waals surface area contributed by atoms with E-state index in [2.05, 4.69) is 4.98 Å². The number of pyridine rings is 1. The number of carboxylic acids is 1. The van der Waals surface area contributed by atoms with Crippen LogP contribution in [0.15, 0.2) is 16.9 Å². The Kier molecular flexibility index (Phi) is 3.65. The highest BCUT2D eigenvalue weighted by Gasteiger charge is 2.19. The summed E-state index contributed by atoms with van der Waals surface area (Å²) < 4.78 is 10.4. The summed E-state index contributed by atoms with van der Waals surface area (Å²) >= 11 is 0. The second-order valence-corrected chi connectivity index (χ2v) is 4.22. The van der Waals surface area contributed by atoms with Crippen LogP contribution in [0.25, 0.3) is 10.9 Å². The predicted molar refractivity (Wildman–Crippen MR) is 74.0 cm³/mol. The van der Waals surface area contributed by atoms with Crippen LogP contribution in [0, 0.1) is 0 Å². The molecule has 0 amide bonds. The number of aromatic nitrogens is 1. The van der Waals surface area contributed by atoms with Crippen molar-refractivity contribution in [3.8, 4) is 11.5 Å². The molecule has 0 aliphatic carbocycles. The Morgan fingerprint density at radius 1 is 1.30 bits per heavy atom. The Morgan fingerprint density at radius 2 is 2.00 bits per heavy atom. The fourth-order valence-corrected chi connectivity index (χ4v) is 2.28. The van der Waals surface area contributed by atoms with Crippen LogP contribution in [-0.2, 0) is 6.42 Å². The summed E-state index contributed by atoms with van der Waals surface area (Å²) in [5, 5.41) is 9.82. The third kappa shape index (κ3) is 2.09. The number of carbonyl (C=O) groups is 1. The number of aromatic carboxylic acids is 1. The molecule has 0 fully saturated rings. The van der Waals surface area contributed by atoms with E-state index in [4.69, 9.17) is 9.47 Å². The standard InChI is InChI=1S/C14H15NO5/c1-4-8-9-5-7(19-2)6-10(20-3)12(9)15-13(16)11(8)14(17)18/h5-6H,4H2,1-3H3,(H,15,16)(H,17,18). The van der Waals surface area contributed by atoms with Crippen LogP contribution in [0.2, 0.25) is 0 Å². The summed E-state index contributed by atoms with van der Waals surface area (Å²) in [5.74, 6) is -0.276. The Labute approximate surface area is 115 Å². The summed E-state index contributed by atoms with van der Waals surface area (Å²) in [4.78, 5) is 25.8. The van der Waals surface area contributed by atoms with Gasteiger partial charge in [-0.1, -0.05) is 6.92 Å². The molecule has 6 nitrogen and oxygen atoms in total. The Hall–Kier alpha value is -2.50. The van der Waals surface area contributed by atoms with Gasteiger partial charge >= 0.3 is 5.97 Å². The number of hydrogen-bond acceptors (Lipinski definition) is 4. The van der Waals surface area contributed by atoms with Crippen LogP contribution in [0.5, 0.6) is 11.5 Å². The smallest absolute Gasteiger partial charge is 0.341 e. The largest absolute Gasteiger partial charge is 0.497 e. The minimum atomic E-state index is -1.24. The highest BCUT2D eigenvalue weighted by molar-refractivity contribution is 5.98. The van der Waals surface area contributed by atoms with Crippen molar-refractivity contribution in [1.29, 1.82) is 0 Å². The number of aromatic amines is 1. The number of rotatable bonds is 4. The van der Waals surface area contributed by atoms with E-state index < -0.39 is 11.5 Å². The molecule has 2 aromatic rings. The molecule has 0 aliphatic rings. The topological polar surface area (TPSA) is 88.6 Å². The van der Waals surface area contributed by atoms with Crippen molar-refractivity contribution in [2.75, 3.05) is 14.2 Å². The summed E-state index contributed by atoms with van der Waals surface area (Å²) in [5.41, 5.74) is 0.0641. The van der Waals surface area contributed by atoms with Crippen molar-refractivity contribution >= 4 is 16.9 Å². The van der Waals surface area contributed by atoms with Gasteiger partial charge in [0.05, 0.1) is 19.7 Å². The average molecular weight is 277 g/mol. The molecule has 1 heterocycles. The predicted octanol–water partition coefficient (Wildman–Crippen LogP) is 1.81. The molecule has 0 aliphatic heterocycles. The van der Waals surface area contributed by atoms with E-state index in [0.29, 0.717) is 34.4 Å². The van der Waals surface area contributed by atoms with E-state index >= 15 is 0 Å². The van der Waals surface area contributed by atoms with Gasteiger partial charge < -0.3 is 19.6 Å². The molecule has 1 aromatic carbocycles. The number of methoxy groups -OCH3 is 2. The van der Waals surface area contributed by atoms with Crippen LogP contribution in [0.1, 0.15) is 22.8 Å². The number of carboxylic acid groups (broad SMARTS) is 1. The lowest BCUT2D eigenvalue weighted by Gasteiger charge is -2.12. The summed E-state index contributed by atoms with van der Waals surface area (Å²) in [6.45, 7) is 1.80. The van der Waals surface area contributed by atoms with E-state index in [0.717, 1.165) is 0 Å². The van der Waals surface area contributed by atoms with Crippen LogP contribution >= 0.6 is 0 Å². The van der Waals surface area contributed by atoms with Crippen molar-refractivity contribution in [3.05, 3.63) is 33.6 Å². The highest BCUT2D eigenvalue weighted by atomic mass is 16.5. The third-order valence-electron chi connectivity index (χ3n) is 3.19. The van der Waals surface area contributed by atoms with Gasteiger partial charge in [-0.2, -0.15) is 0 Å². The molecule has 0 radical (unpaired) electrons. The number of H-pyrrole nitrogens is 1. The zero-order valence-electron chi connectivity index (χ0n) is 11.4. The molecular formula is C14H15NO5. The van der Waals surface area contributed by atoms with Crippen LogP contribution in [-0.4, -0.2) is 30.3 Å². The van der Waals surface area contributed by atoms with Crippen LogP contribution < -0.4 is 15.0 Å². The maximum Gasteiger partial charge on any atom is 0.341 e. The first-order valence-electron chi connectivity index (χ1n) is 6.07. The van der Waals surface area contributed by atoms with Gasteiger partial charge in [-0.05, 0) is 18.1 Å². The number of ether oxygens (including phenoxy) is 2. The maximum absolute atomic E-state index is 12.0. The van der Waals surface area contributed by atoms with E-state index in [1.165, 1.54) is 14.2 Å². The highest BCUT2D eigenvalue weighted by Crippen LogP contribution is 2.32. The van der Waals surface area contributed by atoms with Gasteiger partial charge in [-0.3, -0.25) is 4.79 Å². The van der Waals surface area contributed by atoms with E-state index in [-0.39, 0.29) is 5.56 Å². The monoisotopic (exact) mass is 277 g/mol. The first-order valence-corrected chi connectivity index (χ1v) is 6.07. The average Bonchev–Trinajstić information content (AvgIpc) is 2.44. The second kappa shape index (κ2) is 5.24. The summed E-state index contributed by atoms with van der Waals surface area (Å²) in [6, 6.07) is 3.33. The molecule has 0 saturated carbocycles. The van der Waals surface area contributed by atoms with E-state index in [1.807, 2.05) is 0 Å². The zero-order valence-corrected chi connectivity index (χ0v) is 11.4. The lowest BCUT2D eigenvalue weighted by atomic mass is 10.0. The molecule has 2 N–H and O–H groups in total. The van der Waals surface area contributed by atoms with Gasteiger partial charge in [0.25, 0.3) is 5.56 Å². The number of hydrogen-bond donors (Lipinski definition) is 2. The first-order chi connectivity index (χ1) is 9.53. The van der Waals surface area contributed by atoms with Gasteiger partial charge in [0, 0.05) is 11.5 Å². The Morgan fingerprint density at radius 3 is 2.50 bits per heavy atom. The van der Waals surface area contributed by atoms with Gasteiger partial charge in [-0.25, -0.2) is 4.79 Å². The quantitative estimate of drug-likeness (QED) is 0.889. The molecule has 0 saturated heterocycles. The molecule has 20 heavy (non-hydrogen) atoms.